The summed E-state index contributed by atoms with van der Waals surface area (Å²) in [6.45, 7) is 9.35. The fraction of sp³-hybridized carbons (Fsp3) is 0.688. The number of nitrogens with zero attached hydrogens (tertiary/aromatic N) is 1. The van der Waals surface area contributed by atoms with Gasteiger partial charge in [-0.25, -0.2) is 4.79 Å². The molecule has 0 saturated carbocycles. The average molecular weight is 345 g/mol. The zero-order valence-electron chi connectivity index (χ0n) is 13.7. The first-order valence-electron chi connectivity index (χ1n) is 7.70. The molecule has 1 aliphatic heterocycles. The molecular formula is C16H25ClN2O2S. The minimum absolute atomic E-state index is 0.188. The van der Waals surface area contributed by atoms with E-state index in [9.17, 15) is 4.79 Å². The number of carbonyl (C=O) groups excluding carboxylic acids is 1. The van der Waals surface area contributed by atoms with Crippen LogP contribution in [0.1, 0.15) is 45.4 Å². The number of hydrogen-bond donors (Lipinski definition) is 1. The quantitative estimate of drug-likeness (QED) is 0.889. The van der Waals surface area contributed by atoms with Crippen LogP contribution in [0.5, 0.6) is 0 Å². The maximum atomic E-state index is 12.2. The van der Waals surface area contributed by atoms with Crippen molar-refractivity contribution in [1.82, 2.24) is 10.2 Å². The third-order valence-electron chi connectivity index (χ3n) is 3.69. The van der Waals surface area contributed by atoms with Crippen molar-refractivity contribution >= 4 is 29.0 Å². The maximum Gasteiger partial charge on any atom is 0.410 e. The number of ether oxygens (including phenoxy) is 1. The second-order valence-electron chi connectivity index (χ2n) is 6.86. The molecule has 0 radical (unpaired) electrons. The Bertz CT molecular complexity index is 512. The van der Waals surface area contributed by atoms with E-state index in [0.29, 0.717) is 6.04 Å². The van der Waals surface area contributed by atoms with Gasteiger partial charge >= 0.3 is 6.09 Å². The summed E-state index contributed by atoms with van der Waals surface area (Å²) in [4.78, 5) is 15.3. The largest absolute Gasteiger partial charge is 0.444 e. The van der Waals surface area contributed by atoms with Crippen LogP contribution in [0, 0.1) is 0 Å². The van der Waals surface area contributed by atoms with Gasteiger partial charge in [0.2, 0.25) is 0 Å². The molecule has 1 saturated heterocycles. The fourth-order valence-corrected chi connectivity index (χ4v) is 3.66. The van der Waals surface area contributed by atoms with Crippen LogP contribution in [-0.2, 0) is 11.3 Å². The van der Waals surface area contributed by atoms with Crippen LogP contribution >= 0.6 is 22.9 Å². The summed E-state index contributed by atoms with van der Waals surface area (Å²) in [6, 6.07) is 2.61. The summed E-state index contributed by atoms with van der Waals surface area (Å²) < 4.78 is 5.47. The van der Waals surface area contributed by atoms with Gasteiger partial charge in [-0.2, -0.15) is 0 Å². The topological polar surface area (TPSA) is 41.6 Å². The summed E-state index contributed by atoms with van der Waals surface area (Å²) in [7, 11) is 0. The van der Waals surface area contributed by atoms with Gasteiger partial charge in [-0.05, 0) is 46.6 Å². The highest BCUT2D eigenvalue weighted by Gasteiger charge is 2.31. The number of likely N-dealkylation sites (tertiary alicyclic amines) is 1. The van der Waals surface area contributed by atoms with Crippen molar-refractivity contribution in [2.75, 3.05) is 6.54 Å². The summed E-state index contributed by atoms with van der Waals surface area (Å²) in [6.07, 6.45) is 1.68. The lowest BCUT2D eigenvalue weighted by Gasteiger charge is -2.38. The average Bonchev–Trinajstić information content (AvgIpc) is 2.80. The first kappa shape index (κ1) is 17.6. The van der Waals surface area contributed by atoms with Crippen molar-refractivity contribution in [3.8, 4) is 0 Å². The summed E-state index contributed by atoms with van der Waals surface area (Å²) in [5.74, 6) is 0. The number of amides is 1. The first-order valence-corrected chi connectivity index (χ1v) is 8.96. The van der Waals surface area contributed by atoms with Gasteiger partial charge < -0.3 is 15.0 Å². The molecular weight excluding hydrogens is 320 g/mol. The van der Waals surface area contributed by atoms with Gasteiger partial charge in [0.05, 0.1) is 5.02 Å². The lowest BCUT2D eigenvalue weighted by molar-refractivity contribution is 0.00933. The standard InChI is InChI=1S/C16H25ClN2O2S/c1-11-7-13(18-9-14-8-12(17)10-22-14)5-6-19(11)15(20)21-16(2,3)4/h8,10-11,13,18H,5-7,9H2,1-4H3. The Labute approximate surface area is 141 Å². The number of hydrogen-bond acceptors (Lipinski definition) is 4. The molecule has 0 aromatic carbocycles. The zero-order chi connectivity index (χ0) is 16.3. The SMILES string of the molecule is CC1CC(NCc2cc(Cl)cs2)CCN1C(=O)OC(C)(C)C. The van der Waals surface area contributed by atoms with E-state index in [-0.39, 0.29) is 12.1 Å². The second kappa shape index (κ2) is 7.20. The minimum atomic E-state index is -0.440. The van der Waals surface area contributed by atoms with Crippen LogP contribution in [0.25, 0.3) is 0 Å². The molecule has 2 rings (SSSR count). The third-order valence-corrected chi connectivity index (χ3v) is 4.98. The van der Waals surface area contributed by atoms with Gasteiger partial charge in [-0.1, -0.05) is 11.6 Å². The normalized spacial score (nSPS) is 22.7. The molecule has 1 aromatic heterocycles. The summed E-state index contributed by atoms with van der Waals surface area (Å²) in [5, 5.41) is 6.31. The Balaban J connectivity index is 1.80. The van der Waals surface area contributed by atoms with E-state index < -0.39 is 5.60 Å². The zero-order valence-corrected chi connectivity index (χ0v) is 15.3. The van der Waals surface area contributed by atoms with Gasteiger partial charge in [-0.3, -0.25) is 0 Å². The lowest BCUT2D eigenvalue weighted by Crippen LogP contribution is -2.50. The van der Waals surface area contributed by atoms with Crippen molar-refractivity contribution in [3.05, 3.63) is 21.3 Å². The van der Waals surface area contributed by atoms with Gasteiger partial charge in [-0.15, -0.1) is 11.3 Å². The van der Waals surface area contributed by atoms with Crippen LogP contribution in [-0.4, -0.2) is 35.2 Å². The molecule has 1 fully saturated rings. The monoisotopic (exact) mass is 344 g/mol. The van der Waals surface area contributed by atoms with Gasteiger partial charge in [0, 0.05) is 35.4 Å². The second-order valence-corrected chi connectivity index (χ2v) is 8.29. The van der Waals surface area contributed by atoms with E-state index >= 15 is 0 Å². The number of rotatable bonds is 3. The van der Waals surface area contributed by atoms with E-state index in [1.54, 1.807) is 11.3 Å². The highest BCUT2D eigenvalue weighted by atomic mass is 35.5. The fourth-order valence-electron chi connectivity index (χ4n) is 2.64. The van der Waals surface area contributed by atoms with Gasteiger partial charge in [0.1, 0.15) is 5.60 Å². The Morgan fingerprint density at radius 2 is 2.27 bits per heavy atom. The molecule has 0 bridgehead atoms. The van der Waals surface area contributed by atoms with E-state index in [1.165, 1.54) is 4.88 Å². The molecule has 1 aromatic rings. The van der Waals surface area contributed by atoms with Crippen LogP contribution in [0.2, 0.25) is 5.02 Å². The Morgan fingerprint density at radius 1 is 1.55 bits per heavy atom. The number of thiophene rings is 1. The smallest absolute Gasteiger partial charge is 0.410 e. The van der Waals surface area contributed by atoms with E-state index in [1.807, 2.05) is 37.1 Å². The van der Waals surface area contributed by atoms with Gasteiger partial charge in [0.15, 0.2) is 0 Å². The van der Waals surface area contributed by atoms with Crippen molar-refractivity contribution in [1.29, 1.82) is 0 Å². The molecule has 1 N–H and O–H groups in total. The third kappa shape index (κ3) is 5.14. The highest BCUT2D eigenvalue weighted by Crippen LogP contribution is 2.22. The molecule has 0 aliphatic carbocycles. The molecule has 1 aliphatic rings. The van der Waals surface area contributed by atoms with Crippen molar-refractivity contribution < 1.29 is 9.53 Å². The number of piperidine rings is 1. The molecule has 22 heavy (non-hydrogen) atoms. The van der Waals surface area contributed by atoms with E-state index in [2.05, 4.69) is 12.2 Å². The summed E-state index contributed by atoms with van der Waals surface area (Å²) in [5.41, 5.74) is -0.440. The minimum Gasteiger partial charge on any atom is -0.444 e. The summed E-state index contributed by atoms with van der Waals surface area (Å²) >= 11 is 7.61. The Morgan fingerprint density at radius 3 is 2.82 bits per heavy atom. The van der Waals surface area contributed by atoms with Crippen LogP contribution in [0.15, 0.2) is 11.4 Å². The molecule has 124 valence electrons. The highest BCUT2D eigenvalue weighted by molar-refractivity contribution is 7.10. The predicted octanol–water partition coefficient (Wildman–Crippen LogP) is 4.28. The molecule has 2 unspecified atom stereocenters. The van der Waals surface area contributed by atoms with E-state index in [0.717, 1.165) is 31.0 Å². The first-order chi connectivity index (χ1) is 10.2. The van der Waals surface area contributed by atoms with Crippen LogP contribution < -0.4 is 5.32 Å². The van der Waals surface area contributed by atoms with Crippen molar-refractivity contribution in [3.63, 3.8) is 0 Å². The van der Waals surface area contributed by atoms with Crippen molar-refractivity contribution in [2.24, 2.45) is 0 Å². The number of nitrogens with one attached hydrogen (secondary N) is 1. The van der Waals surface area contributed by atoms with E-state index in [4.69, 9.17) is 16.3 Å². The number of carbonyl (C=O) groups is 1. The molecule has 2 atom stereocenters. The van der Waals surface area contributed by atoms with Crippen LogP contribution in [0.3, 0.4) is 0 Å². The molecule has 4 nitrogen and oxygen atoms in total. The van der Waals surface area contributed by atoms with Crippen molar-refractivity contribution in [2.45, 2.75) is 64.8 Å². The molecule has 6 heteroatoms. The lowest BCUT2D eigenvalue weighted by atomic mass is 9.98. The molecule has 0 spiro atoms. The Kier molecular flexibility index (Phi) is 5.75. The molecule has 2 heterocycles. The maximum absolute atomic E-state index is 12.2. The van der Waals surface area contributed by atoms with Crippen LogP contribution in [0.4, 0.5) is 4.79 Å². The molecule has 1 amide bonds. The Hall–Kier alpha value is -0.780. The predicted molar refractivity (Wildman–Crippen MR) is 91.6 cm³/mol. The number of halogens is 1. The van der Waals surface area contributed by atoms with Gasteiger partial charge in [0.25, 0.3) is 0 Å².